The number of hydrogen-bond acceptors (Lipinski definition) is 5. The summed E-state index contributed by atoms with van der Waals surface area (Å²) in [6.07, 6.45) is -4.66. The second-order valence-corrected chi connectivity index (χ2v) is 7.79. The molecule has 10 heteroatoms. The van der Waals surface area contributed by atoms with Gasteiger partial charge in [0.15, 0.2) is 0 Å². The van der Waals surface area contributed by atoms with Crippen LogP contribution >= 0.6 is 11.3 Å². The molecule has 0 bridgehead atoms. The first kappa shape index (κ1) is 22.8. The quantitative estimate of drug-likeness (QED) is 0.494. The fourth-order valence-electron chi connectivity index (χ4n) is 3.33. The summed E-state index contributed by atoms with van der Waals surface area (Å²) in [5, 5.41) is 4.41. The fourth-order valence-corrected chi connectivity index (χ4v) is 4.02. The maximum atomic E-state index is 13.6. The molecule has 0 aliphatic carbocycles. The van der Waals surface area contributed by atoms with Gasteiger partial charge in [-0.15, -0.1) is 11.3 Å². The molecular formula is C21H21F3N2O4S. The maximum absolute atomic E-state index is 13.6. The molecule has 2 aromatic rings. The third-order valence-corrected chi connectivity index (χ3v) is 5.67. The number of methoxy groups -OCH3 is 1. The van der Waals surface area contributed by atoms with Crippen LogP contribution in [0.4, 0.5) is 18.0 Å². The van der Waals surface area contributed by atoms with Gasteiger partial charge in [0.1, 0.15) is 6.61 Å². The smallest absolute Gasteiger partial charge is 0.416 e. The van der Waals surface area contributed by atoms with E-state index in [1.165, 1.54) is 48.5 Å². The number of esters is 1. The first-order chi connectivity index (χ1) is 14.7. The number of ether oxygens (including phenoxy) is 2. The van der Waals surface area contributed by atoms with Gasteiger partial charge in [0.25, 0.3) is 0 Å². The SMILES string of the molecule is COCCOC(=O)C1=C(C)N(Cc2cccs2)C(=O)NC1c1ccccc1C(F)(F)F. The number of carbonyl (C=O) groups is 2. The molecule has 1 atom stereocenters. The molecule has 0 radical (unpaired) electrons. The van der Waals surface area contributed by atoms with Gasteiger partial charge in [-0.3, -0.25) is 4.90 Å². The Bertz CT molecular complexity index is 973. The molecule has 1 N–H and O–H groups in total. The third kappa shape index (κ3) is 5.08. The Labute approximate surface area is 181 Å². The summed E-state index contributed by atoms with van der Waals surface area (Å²) in [6.45, 7) is 1.77. The lowest BCUT2D eigenvalue weighted by Gasteiger charge is -2.36. The van der Waals surface area contributed by atoms with Gasteiger partial charge >= 0.3 is 18.2 Å². The Morgan fingerprint density at radius 1 is 1.19 bits per heavy atom. The van der Waals surface area contributed by atoms with E-state index in [-0.39, 0.29) is 36.6 Å². The van der Waals surface area contributed by atoms with Crippen LogP contribution in [0.3, 0.4) is 0 Å². The van der Waals surface area contributed by atoms with Gasteiger partial charge in [-0.25, -0.2) is 9.59 Å². The predicted octanol–water partition coefficient (Wildman–Crippen LogP) is 4.50. The number of urea groups is 1. The summed E-state index contributed by atoms with van der Waals surface area (Å²) in [5.41, 5.74) is -0.968. The molecule has 0 fully saturated rings. The zero-order valence-electron chi connectivity index (χ0n) is 16.9. The Hall–Kier alpha value is -2.85. The molecule has 0 saturated heterocycles. The molecule has 1 aliphatic heterocycles. The zero-order valence-corrected chi connectivity index (χ0v) is 17.7. The average molecular weight is 454 g/mol. The average Bonchev–Trinajstić information content (AvgIpc) is 3.23. The number of benzene rings is 1. The van der Waals surface area contributed by atoms with Gasteiger partial charge in [0.2, 0.25) is 0 Å². The maximum Gasteiger partial charge on any atom is 0.416 e. The Balaban J connectivity index is 2.07. The van der Waals surface area contributed by atoms with Crippen molar-refractivity contribution in [2.24, 2.45) is 0 Å². The van der Waals surface area contributed by atoms with E-state index in [2.05, 4.69) is 5.32 Å². The van der Waals surface area contributed by atoms with Crippen LogP contribution in [-0.4, -0.2) is 37.2 Å². The van der Waals surface area contributed by atoms with E-state index >= 15 is 0 Å². The van der Waals surface area contributed by atoms with Crippen LogP contribution in [0.5, 0.6) is 0 Å². The molecule has 2 heterocycles. The summed E-state index contributed by atoms with van der Waals surface area (Å²) in [5.74, 6) is -0.812. The first-order valence-electron chi connectivity index (χ1n) is 9.37. The van der Waals surface area contributed by atoms with Gasteiger partial charge in [0.05, 0.1) is 30.3 Å². The molecule has 31 heavy (non-hydrogen) atoms. The minimum Gasteiger partial charge on any atom is -0.460 e. The number of alkyl halides is 3. The Morgan fingerprint density at radius 2 is 1.94 bits per heavy atom. The van der Waals surface area contributed by atoms with Crippen LogP contribution in [0, 0.1) is 0 Å². The van der Waals surface area contributed by atoms with Crippen molar-refractivity contribution < 1.29 is 32.2 Å². The lowest BCUT2D eigenvalue weighted by molar-refractivity contribution is -0.142. The largest absolute Gasteiger partial charge is 0.460 e. The van der Waals surface area contributed by atoms with Crippen molar-refractivity contribution in [3.05, 3.63) is 69.1 Å². The third-order valence-electron chi connectivity index (χ3n) is 4.81. The van der Waals surface area contributed by atoms with Crippen LogP contribution in [0.2, 0.25) is 0 Å². The number of rotatable bonds is 7. The van der Waals surface area contributed by atoms with Gasteiger partial charge in [-0.1, -0.05) is 24.3 Å². The van der Waals surface area contributed by atoms with Gasteiger partial charge in [0, 0.05) is 17.7 Å². The van der Waals surface area contributed by atoms with Crippen molar-refractivity contribution in [1.82, 2.24) is 10.2 Å². The van der Waals surface area contributed by atoms with E-state index < -0.39 is 29.8 Å². The van der Waals surface area contributed by atoms with Gasteiger partial charge in [-0.05, 0) is 30.0 Å². The van der Waals surface area contributed by atoms with E-state index in [1.54, 1.807) is 0 Å². The van der Waals surface area contributed by atoms with Crippen LogP contribution < -0.4 is 5.32 Å². The van der Waals surface area contributed by atoms with Gasteiger partial charge < -0.3 is 14.8 Å². The van der Waals surface area contributed by atoms with E-state index in [1.807, 2.05) is 17.5 Å². The van der Waals surface area contributed by atoms with Crippen molar-refractivity contribution >= 4 is 23.3 Å². The highest BCUT2D eigenvalue weighted by atomic mass is 32.1. The molecule has 2 amide bonds. The lowest BCUT2D eigenvalue weighted by atomic mass is 9.91. The molecule has 1 aromatic heterocycles. The summed E-state index contributed by atoms with van der Waals surface area (Å²) >= 11 is 1.42. The minimum absolute atomic E-state index is 0.0519. The second-order valence-electron chi connectivity index (χ2n) is 6.76. The second kappa shape index (κ2) is 9.52. The monoisotopic (exact) mass is 454 g/mol. The van der Waals surface area contributed by atoms with Crippen LogP contribution in [-0.2, 0) is 27.0 Å². The normalized spacial score (nSPS) is 17.0. The van der Waals surface area contributed by atoms with E-state index in [0.29, 0.717) is 0 Å². The van der Waals surface area contributed by atoms with Crippen molar-refractivity contribution in [3.8, 4) is 0 Å². The van der Waals surface area contributed by atoms with Crippen molar-refractivity contribution in [2.45, 2.75) is 25.7 Å². The van der Waals surface area contributed by atoms with Crippen LogP contribution in [0.15, 0.2) is 53.0 Å². The van der Waals surface area contributed by atoms with E-state index in [9.17, 15) is 22.8 Å². The van der Waals surface area contributed by atoms with Crippen molar-refractivity contribution in [2.75, 3.05) is 20.3 Å². The van der Waals surface area contributed by atoms with Crippen molar-refractivity contribution in [1.29, 1.82) is 0 Å². The number of hydrogen-bond donors (Lipinski definition) is 1. The Morgan fingerprint density at radius 3 is 2.58 bits per heavy atom. The number of nitrogens with one attached hydrogen (secondary N) is 1. The predicted molar refractivity (Wildman–Crippen MR) is 108 cm³/mol. The highest BCUT2D eigenvalue weighted by molar-refractivity contribution is 7.09. The molecule has 0 saturated carbocycles. The van der Waals surface area contributed by atoms with Gasteiger partial charge in [-0.2, -0.15) is 13.2 Å². The number of thiophene rings is 1. The number of nitrogens with zero attached hydrogens (tertiary/aromatic N) is 1. The summed E-state index contributed by atoms with van der Waals surface area (Å²) in [7, 11) is 1.43. The molecule has 3 rings (SSSR count). The standard InChI is InChI=1S/C21H21F3N2O4S/c1-13-17(19(27)30-10-9-29-2)18(15-7-3-4-8-16(15)21(22,23)24)25-20(28)26(13)12-14-6-5-11-31-14/h3-8,11,18H,9-10,12H2,1-2H3,(H,25,28). The number of allylic oxidation sites excluding steroid dienone is 1. The molecule has 1 aromatic carbocycles. The highest BCUT2D eigenvalue weighted by Gasteiger charge is 2.41. The number of carbonyl (C=O) groups excluding carboxylic acids is 2. The zero-order chi connectivity index (χ0) is 22.6. The molecule has 166 valence electrons. The lowest BCUT2D eigenvalue weighted by Crippen LogP contribution is -2.48. The Kier molecular flexibility index (Phi) is 7.01. The van der Waals surface area contributed by atoms with Crippen LogP contribution in [0.1, 0.15) is 29.0 Å². The van der Waals surface area contributed by atoms with E-state index in [4.69, 9.17) is 9.47 Å². The van der Waals surface area contributed by atoms with Crippen LogP contribution in [0.25, 0.3) is 0 Å². The topological polar surface area (TPSA) is 67.9 Å². The minimum atomic E-state index is -4.66. The molecule has 0 spiro atoms. The molecular weight excluding hydrogens is 433 g/mol. The molecule has 6 nitrogen and oxygen atoms in total. The van der Waals surface area contributed by atoms with Crippen molar-refractivity contribution in [3.63, 3.8) is 0 Å². The molecule has 1 aliphatic rings. The number of halogens is 3. The summed E-state index contributed by atoms with van der Waals surface area (Å²) in [6, 6.07) is 6.60. The fraction of sp³-hybridized carbons (Fsp3) is 0.333. The molecule has 1 unspecified atom stereocenters. The summed E-state index contributed by atoms with van der Waals surface area (Å²) < 4.78 is 51.0. The summed E-state index contributed by atoms with van der Waals surface area (Å²) in [4.78, 5) is 27.9. The highest BCUT2D eigenvalue weighted by Crippen LogP contribution is 2.39. The number of amides is 2. The first-order valence-corrected chi connectivity index (χ1v) is 10.3. The van der Waals surface area contributed by atoms with E-state index in [0.717, 1.165) is 10.9 Å².